The summed E-state index contributed by atoms with van der Waals surface area (Å²) >= 11 is 5.86. The SMILES string of the molecule is CC1C(=O)NC(=O)CN1C(=O)c1cc(Cl)ccc1NN. The van der Waals surface area contributed by atoms with Crippen LogP contribution in [0.5, 0.6) is 0 Å². The van der Waals surface area contributed by atoms with E-state index in [1.54, 1.807) is 19.1 Å². The summed E-state index contributed by atoms with van der Waals surface area (Å²) in [6, 6.07) is 3.81. The number of nitrogens with zero attached hydrogens (tertiary/aromatic N) is 1. The summed E-state index contributed by atoms with van der Waals surface area (Å²) < 4.78 is 0. The molecule has 0 aromatic heterocycles. The second-order valence-electron chi connectivity index (χ2n) is 4.36. The van der Waals surface area contributed by atoms with Crippen molar-refractivity contribution < 1.29 is 14.4 Å². The summed E-state index contributed by atoms with van der Waals surface area (Å²) in [5.41, 5.74) is 2.96. The van der Waals surface area contributed by atoms with Crippen LogP contribution in [-0.2, 0) is 9.59 Å². The van der Waals surface area contributed by atoms with Crippen molar-refractivity contribution in [1.82, 2.24) is 10.2 Å². The third-order valence-electron chi connectivity index (χ3n) is 3.05. The van der Waals surface area contributed by atoms with Gasteiger partial charge in [-0.3, -0.25) is 25.5 Å². The molecule has 0 bridgehead atoms. The predicted molar refractivity (Wildman–Crippen MR) is 72.9 cm³/mol. The maximum Gasteiger partial charge on any atom is 0.257 e. The molecule has 7 nitrogen and oxygen atoms in total. The topological polar surface area (TPSA) is 105 Å². The number of hydrogen-bond acceptors (Lipinski definition) is 5. The van der Waals surface area contributed by atoms with Gasteiger partial charge in [0.2, 0.25) is 11.8 Å². The smallest absolute Gasteiger partial charge is 0.257 e. The van der Waals surface area contributed by atoms with Gasteiger partial charge in [0.15, 0.2) is 0 Å². The monoisotopic (exact) mass is 296 g/mol. The van der Waals surface area contributed by atoms with Gasteiger partial charge in [0.1, 0.15) is 12.6 Å². The number of imide groups is 1. The molecule has 4 N–H and O–H groups in total. The maximum atomic E-state index is 12.5. The Kier molecular flexibility index (Phi) is 3.91. The van der Waals surface area contributed by atoms with E-state index in [1.807, 2.05) is 0 Å². The molecule has 1 saturated heterocycles. The van der Waals surface area contributed by atoms with Crippen LogP contribution >= 0.6 is 11.6 Å². The molecule has 1 aliphatic rings. The number of nitrogens with two attached hydrogens (primary N) is 1. The van der Waals surface area contributed by atoms with E-state index in [0.717, 1.165) is 0 Å². The fourth-order valence-electron chi connectivity index (χ4n) is 1.94. The lowest BCUT2D eigenvalue weighted by Gasteiger charge is -2.32. The lowest BCUT2D eigenvalue weighted by Crippen LogP contribution is -2.58. The summed E-state index contributed by atoms with van der Waals surface area (Å²) in [6.45, 7) is 1.35. The summed E-state index contributed by atoms with van der Waals surface area (Å²) in [5, 5.41) is 2.52. The highest BCUT2D eigenvalue weighted by molar-refractivity contribution is 6.31. The van der Waals surface area contributed by atoms with Crippen molar-refractivity contribution in [2.45, 2.75) is 13.0 Å². The van der Waals surface area contributed by atoms with Crippen LogP contribution in [-0.4, -0.2) is 35.2 Å². The number of nitrogen functional groups attached to an aromatic ring is 1. The number of rotatable bonds is 2. The van der Waals surface area contributed by atoms with E-state index < -0.39 is 23.8 Å². The van der Waals surface area contributed by atoms with Crippen LogP contribution in [0, 0.1) is 0 Å². The lowest BCUT2D eigenvalue weighted by atomic mass is 10.1. The first kappa shape index (κ1) is 14.3. The number of amides is 3. The van der Waals surface area contributed by atoms with Crippen molar-refractivity contribution in [3.05, 3.63) is 28.8 Å². The summed E-state index contributed by atoms with van der Waals surface area (Å²) in [5.74, 6) is 3.82. The van der Waals surface area contributed by atoms with Gasteiger partial charge in [-0.1, -0.05) is 11.6 Å². The lowest BCUT2D eigenvalue weighted by molar-refractivity contribution is -0.138. The van der Waals surface area contributed by atoms with E-state index in [9.17, 15) is 14.4 Å². The third kappa shape index (κ3) is 2.59. The molecular formula is C12H13ClN4O3. The van der Waals surface area contributed by atoms with E-state index in [2.05, 4.69) is 10.7 Å². The molecule has 1 aromatic rings. The third-order valence-corrected chi connectivity index (χ3v) is 3.29. The van der Waals surface area contributed by atoms with Crippen molar-refractivity contribution in [3.8, 4) is 0 Å². The number of nitrogens with one attached hydrogen (secondary N) is 2. The molecule has 3 amide bonds. The van der Waals surface area contributed by atoms with Crippen molar-refractivity contribution in [2.75, 3.05) is 12.0 Å². The van der Waals surface area contributed by atoms with Crippen LogP contribution in [0.2, 0.25) is 5.02 Å². The van der Waals surface area contributed by atoms with Crippen LogP contribution in [0.1, 0.15) is 17.3 Å². The molecule has 20 heavy (non-hydrogen) atoms. The van der Waals surface area contributed by atoms with Gasteiger partial charge in [-0.15, -0.1) is 0 Å². The maximum absolute atomic E-state index is 12.5. The summed E-state index contributed by atoms with van der Waals surface area (Å²) in [7, 11) is 0. The zero-order valence-corrected chi connectivity index (χ0v) is 11.4. The van der Waals surface area contributed by atoms with Gasteiger partial charge in [0.25, 0.3) is 5.91 Å². The molecule has 8 heteroatoms. The first-order valence-electron chi connectivity index (χ1n) is 5.85. The molecule has 1 aliphatic heterocycles. The Labute approximate surface area is 120 Å². The number of hydrazine groups is 1. The second-order valence-corrected chi connectivity index (χ2v) is 4.79. The van der Waals surface area contributed by atoms with Crippen LogP contribution in [0.25, 0.3) is 0 Å². The van der Waals surface area contributed by atoms with Gasteiger partial charge in [0, 0.05) is 5.02 Å². The highest BCUT2D eigenvalue weighted by Crippen LogP contribution is 2.23. The van der Waals surface area contributed by atoms with Crippen molar-refractivity contribution >= 4 is 35.0 Å². The highest BCUT2D eigenvalue weighted by Gasteiger charge is 2.34. The minimum absolute atomic E-state index is 0.192. The Morgan fingerprint density at radius 2 is 2.20 bits per heavy atom. The minimum atomic E-state index is -0.746. The van der Waals surface area contributed by atoms with Gasteiger partial charge in [-0.05, 0) is 25.1 Å². The Bertz CT molecular complexity index is 590. The molecule has 0 saturated carbocycles. The molecule has 0 aliphatic carbocycles. The van der Waals surface area contributed by atoms with Gasteiger partial charge in [-0.2, -0.15) is 0 Å². The first-order valence-corrected chi connectivity index (χ1v) is 6.22. The largest absolute Gasteiger partial charge is 0.323 e. The molecule has 2 rings (SSSR count). The molecular weight excluding hydrogens is 284 g/mol. The van der Waals surface area contributed by atoms with Gasteiger partial charge >= 0.3 is 0 Å². The van der Waals surface area contributed by atoms with Crippen molar-refractivity contribution in [3.63, 3.8) is 0 Å². The molecule has 1 fully saturated rings. The zero-order valence-electron chi connectivity index (χ0n) is 10.6. The molecule has 0 spiro atoms. The average Bonchev–Trinajstić information content (AvgIpc) is 2.42. The molecule has 1 aromatic carbocycles. The minimum Gasteiger partial charge on any atom is -0.323 e. The number of carbonyl (C=O) groups is 3. The van der Waals surface area contributed by atoms with Gasteiger partial charge < -0.3 is 10.3 Å². The zero-order chi connectivity index (χ0) is 14.9. The van der Waals surface area contributed by atoms with E-state index in [4.69, 9.17) is 17.4 Å². The Balaban J connectivity index is 2.37. The Morgan fingerprint density at radius 1 is 1.50 bits per heavy atom. The molecule has 0 radical (unpaired) electrons. The van der Waals surface area contributed by atoms with Crippen molar-refractivity contribution in [2.24, 2.45) is 5.84 Å². The quantitative estimate of drug-likeness (QED) is 0.408. The van der Waals surface area contributed by atoms with Crippen LogP contribution in [0.3, 0.4) is 0 Å². The number of piperazine rings is 1. The number of benzene rings is 1. The summed E-state index contributed by atoms with van der Waals surface area (Å²) in [6.07, 6.45) is 0. The predicted octanol–water partition coefficient (Wildman–Crippen LogP) is 0.113. The normalized spacial score (nSPS) is 18.8. The fourth-order valence-corrected chi connectivity index (χ4v) is 2.11. The number of halogens is 1. The average molecular weight is 297 g/mol. The number of hydrogen-bond donors (Lipinski definition) is 3. The molecule has 1 unspecified atom stereocenters. The first-order chi connectivity index (χ1) is 9.43. The van der Waals surface area contributed by atoms with Crippen LogP contribution in [0.15, 0.2) is 18.2 Å². The molecule has 1 atom stereocenters. The molecule has 106 valence electrons. The number of carbonyl (C=O) groups excluding carboxylic acids is 3. The highest BCUT2D eigenvalue weighted by atomic mass is 35.5. The van der Waals surface area contributed by atoms with Gasteiger partial charge in [-0.25, -0.2) is 0 Å². The van der Waals surface area contributed by atoms with Crippen LogP contribution in [0.4, 0.5) is 5.69 Å². The molecule has 1 heterocycles. The van der Waals surface area contributed by atoms with E-state index in [0.29, 0.717) is 10.7 Å². The Hall–Kier alpha value is -2.12. The van der Waals surface area contributed by atoms with E-state index in [1.165, 1.54) is 11.0 Å². The fraction of sp³-hybridized carbons (Fsp3) is 0.250. The summed E-state index contributed by atoms with van der Waals surface area (Å²) in [4.78, 5) is 36.6. The van der Waals surface area contributed by atoms with Gasteiger partial charge in [0.05, 0.1) is 11.3 Å². The Morgan fingerprint density at radius 3 is 2.85 bits per heavy atom. The van der Waals surface area contributed by atoms with E-state index in [-0.39, 0.29) is 12.1 Å². The van der Waals surface area contributed by atoms with Crippen LogP contribution < -0.4 is 16.6 Å². The number of anilines is 1. The standard InChI is InChI=1S/C12H13ClN4O3/c1-6-11(19)15-10(18)5-17(6)12(20)8-4-7(13)2-3-9(8)16-14/h2-4,6,16H,5,14H2,1H3,(H,15,18,19). The van der Waals surface area contributed by atoms with Crippen molar-refractivity contribution in [1.29, 1.82) is 0 Å². The van der Waals surface area contributed by atoms with E-state index >= 15 is 0 Å². The second kappa shape index (κ2) is 5.48.